The van der Waals surface area contributed by atoms with Gasteiger partial charge in [0.2, 0.25) is 0 Å². The Morgan fingerprint density at radius 3 is 2.52 bits per heavy atom. The fourth-order valence-electron chi connectivity index (χ4n) is 2.74. The number of aryl methyl sites for hydroxylation is 1. The van der Waals surface area contributed by atoms with E-state index in [2.05, 4.69) is 13.8 Å². The second kappa shape index (κ2) is 4.85. The van der Waals surface area contributed by atoms with Gasteiger partial charge in [0, 0.05) is 11.0 Å². The Bertz CT molecular complexity index is 692. The highest BCUT2D eigenvalue weighted by molar-refractivity contribution is 5.47. The SMILES string of the molecule is Cc1cc(C(O)c2ccc3c(c2)C(C)(C)CO3)ccc1F. The van der Waals surface area contributed by atoms with Gasteiger partial charge in [0.05, 0.1) is 6.61 Å². The van der Waals surface area contributed by atoms with Crippen molar-refractivity contribution in [3.63, 3.8) is 0 Å². The van der Waals surface area contributed by atoms with Crippen LogP contribution in [0.4, 0.5) is 4.39 Å². The lowest BCUT2D eigenvalue weighted by Crippen LogP contribution is -2.18. The molecule has 0 saturated heterocycles. The fraction of sp³-hybridized carbons (Fsp3) is 0.333. The number of fused-ring (bicyclic) bond motifs is 1. The summed E-state index contributed by atoms with van der Waals surface area (Å²) in [5, 5.41) is 10.5. The third-order valence-electron chi connectivity index (χ3n) is 4.13. The maximum absolute atomic E-state index is 13.3. The van der Waals surface area contributed by atoms with Gasteiger partial charge in [-0.05, 0) is 41.8 Å². The third-order valence-corrected chi connectivity index (χ3v) is 4.13. The number of aliphatic hydroxyl groups is 1. The van der Waals surface area contributed by atoms with Crippen LogP contribution in [0.15, 0.2) is 36.4 Å². The zero-order valence-corrected chi connectivity index (χ0v) is 12.5. The van der Waals surface area contributed by atoms with Crippen molar-refractivity contribution >= 4 is 0 Å². The van der Waals surface area contributed by atoms with E-state index in [-0.39, 0.29) is 11.2 Å². The van der Waals surface area contributed by atoms with Crippen LogP contribution in [0.25, 0.3) is 0 Å². The molecule has 2 aromatic rings. The first-order valence-electron chi connectivity index (χ1n) is 7.10. The van der Waals surface area contributed by atoms with Gasteiger partial charge in [-0.15, -0.1) is 0 Å². The first-order chi connectivity index (χ1) is 9.88. The van der Waals surface area contributed by atoms with Crippen molar-refractivity contribution in [3.05, 3.63) is 64.5 Å². The quantitative estimate of drug-likeness (QED) is 0.907. The Labute approximate surface area is 124 Å². The molecule has 1 aliphatic heterocycles. The van der Waals surface area contributed by atoms with Crippen LogP contribution >= 0.6 is 0 Å². The van der Waals surface area contributed by atoms with E-state index in [1.165, 1.54) is 6.07 Å². The number of halogens is 1. The molecule has 110 valence electrons. The van der Waals surface area contributed by atoms with E-state index in [9.17, 15) is 9.50 Å². The molecule has 0 aliphatic carbocycles. The lowest BCUT2D eigenvalue weighted by Gasteiger charge is -2.18. The summed E-state index contributed by atoms with van der Waals surface area (Å²) in [6.07, 6.45) is -0.758. The van der Waals surface area contributed by atoms with Gasteiger partial charge in [-0.1, -0.05) is 32.0 Å². The van der Waals surface area contributed by atoms with Gasteiger partial charge in [-0.2, -0.15) is 0 Å². The molecule has 1 unspecified atom stereocenters. The molecule has 0 fully saturated rings. The van der Waals surface area contributed by atoms with Crippen molar-refractivity contribution in [2.24, 2.45) is 0 Å². The van der Waals surface area contributed by atoms with Crippen molar-refractivity contribution in [1.29, 1.82) is 0 Å². The smallest absolute Gasteiger partial charge is 0.126 e. The van der Waals surface area contributed by atoms with Crippen molar-refractivity contribution in [2.45, 2.75) is 32.3 Å². The van der Waals surface area contributed by atoms with Crippen LogP contribution in [0.3, 0.4) is 0 Å². The van der Waals surface area contributed by atoms with Crippen LogP contribution in [-0.2, 0) is 5.41 Å². The average molecular weight is 286 g/mol. The van der Waals surface area contributed by atoms with E-state index in [1.54, 1.807) is 19.1 Å². The highest BCUT2D eigenvalue weighted by Crippen LogP contribution is 2.40. The lowest BCUT2D eigenvalue weighted by molar-refractivity contribution is 0.220. The minimum atomic E-state index is -0.758. The third kappa shape index (κ3) is 2.42. The maximum atomic E-state index is 13.3. The Morgan fingerprint density at radius 2 is 1.81 bits per heavy atom. The second-order valence-corrected chi connectivity index (χ2v) is 6.34. The molecule has 1 N–H and O–H groups in total. The maximum Gasteiger partial charge on any atom is 0.126 e. The molecule has 3 rings (SSSR count). The zero-order chi connectivity index (χ0) is 15.2. The van der Waals surface area contributed by atoms with Crippen molar-refractivity contribution < 1.29 is 14.2 Å². The highest BCUT2D eigenvalue weighted by Gasteiger charge is 2.32. The largest absolute Gasteiger partial charge is 0.492 e. The van der Waals surface area contributed by atoms with E-state index < -0.39 is 6.10 Å². The van der Waals surface area contributed by atoms with Gasteiger partial charge in [-0.25, -0.2) is 4.39 Å². The Balaban J connectivity index is 1.99. The van der Waals surface area contributed by atoms with Gasteiger partial charge in [0.15, 0.2) is 0 Å². The lowest BCUT2D eigenvalue weighted by atomic mass is 9.85. The summed E-state index contributed by atoms with van der Waals surface area (Å²) in [6.45, 7) is 6.59. The number of aliphatic hydroxyl groups excluding tert-OH is 1. The summed E-state index contributed by atoms with van der Waals surface area (Å²) in [6, 6.07) is 10.5. The molecular formula is C18H19FO2. The number of hydrogen-bond acceptors (Lipinski definition) is 2. The molecule has 0 aromatic heterocycles. The molecular weight excluding hydrogens is 267 g/mol. The van der Waals surface area contributed by atoms with Crippen LogP contribution < -0.4 is 4.74 Å². The normalized spacial score (nSPS) is 17.2. The molecule has 1 atom stereocenters. The summed E-state index contributed by atoms with van der Waals surface area (Å²) < 4.78 is 19.0. The molecule has 3 heteroatoms. The molecule has 0 spiro atoms. The molecule has 1 aliphatic rings. The van der Waals surface area contributed by atoms with E-state index in [0.717, 1.165) is 16.9 Å². The van der Waals surface area contributed by atoms with Crippen LogP contribution in [0.5, 0.6) is 5.75 Å². The number of rotatable bonds is 2. The van der Waals surface area contributed by atoms with Crippen molar-refractivity contribution in [1.82, 2.24) is 0 Å². The van der Waals surface area contributed by atoms with Gasteiger partial charge >= 0.3 is 0 Å². The van der Waals surface area contributed by atoms with E-state index in [4.69, 9.17) is 4.74 Å². The number of benzene rings is 2. The molecule has 1 heterocycles. The summed E-state index contributed by atoms with van der Waals surface area (Å²) >= 11 is 0. The summed E-state index contributed by atoms with van der Waals surface area (Å²) in [4.78, 5) is 0. The van der Waals surface area contributed by atoms with Gasteiger partial charge in [-0.3, -0.25) is 0 Å². The number of hydrogen-bond donors (Lipinski definition) is 1. The molecule has 0 radical (unpaired) electrons. The highest BCUT2D eigenvalue weighted by atomic mass is 19.1. The standard InChI is InChI=1S/C18H19FO2/c1-11-8-12(4-6-15(11)19)17(20)13-5-7-16-14(9-13)18(2,3)10-21-16/h4-9,17,20H,10H2,1-3H3. The predicted molar refractivity (Wildman–Crippen MR) is 80.2 cm³/mol. The first kappa shape index (κ1) is 14.1. The Morgan fingerprint density at radius 1 is 1.14 bits per heavy atom. The topological polar surface area (TPSA) is 29.5 Å². The summed E-state index contributed by atoms with van der Waals surface area (Å²) in [7, 11) is 0. The number of ether oxygens (including phenoxy) is 1. The van der Waals surface area contributed by atoms with E-state index in [1.807, 2.05) is 18.2 Å². The molecule has 0 bridgehead atoms. The molecule has 21 heavy (non-hydrogen) atoms. The van der Waals surface area contributed by atoms with Crippen LogP contribution in [0.1, 0.15) is 42.2 Å². The minimum Gasteiger partial charge on any atom is -0.492 e. The van der Waals surface area contributed by atoms with Crippen LogP contribution in [0.2, 0.25) is 0 Å². The van der Waals surface area contributed by atoms with E-state index >= 15 is 0 Å². The molecule has 0 amide bonds. The zero-order valence-electron chi connectivity index (χ0n) is 12.5. The van der Waals surface area contributed by atoms with Crippen molar-refractivity contribution in [2.75, 3.05) is 6.61 Å². The summed E-state index contributed by atoms with van der Waals surface area (Å²) in [5.74, 6) is 0.626. The average Bonchev–Trinajstić information content (AvgIpc) is 2.76. The van der Waals surface area contributed by atoms with Gasteiger partial charge in [0.25, 0.3) is 0 Å². The monoisotopic (exact) mass is 286 g/mol. The molecule has 2 aromatic carbocycles. The van der Waals surface area contributed by atoms with E-state index in [0.29, 0.717) is 17.7 Å². The molecule has 0 saturated carbocycles. The van der Waals surface area contributed by atoms with Crippen LogP contribution in [-0.4, -0.2) is 11.7 Å². The molecule has 2 nitrogen and oxygen atoms in total. The van der Waals surface area contributed by atoms with Crippen molar-refractivity contribution in [3.8, 4) is 5.75 Å². The predicted octanol–water partition coefficient (Wildman–Crippen LogP) is 3.89. The van der Waals surface area contributed by atoms with Crippen LogP contribution in [0, 0.1) is 12.7 Å². The minimum absolute atomic E-state index is 0.0518. The fourth-order valence-corrected chi connectivity index (χ4v) is 2.74. The second-order valence-electron chi connectivity index (χ2n) is 6.34. The van der Waals surface area contributed by atoms with Gasteiger partial charge < -0.3 is 9.84 Å². The first-order valence-corrected chi connectivity index (χ1v) is 7.10. The Kier molecular flexibility index (Phi) is 3.25. The van der Waals surface area contributed by atoms with Gasteiger partial charge in [0.1, 0.15) is 17.7 Å². The summed E-state index contributed by atoms with van der Waals surface area (Å²) in [5.41, 5.74) is 3.10. The Hall–Kier alpha value is -1.87.